The van der Waals surface area contributed by atoms with Crippen LogP contribution in [0.2, 0.25) is 0 Å². The summed E-state index contributed by atoms with van der Waals surface area (Å²) in [5.41, 5.74) is 1.49. The SMILES string of the molecule is COc1ccc(NS(=O)(=O)c2ccc(C)c(C(=O)N(C)Cc3cccs3)c2)cc1. The second kappa shape index (κ2) is 8.67. The monoisotopic (exact) mass is 430 g/mol. The maximum absolute atomic E-state index is 12.9. The predicted molar refractivity (Wildman–Crippen MR) is 115 cm³/mol. The Kier molecular flexibility index (Phi) is 6.24. The highest BCUT2D eigenvalue weighted by molar-refractivity contribution is 7.92. The molecule has 1 amide bonds. The van der Waals surface area contributed by atoms with E-state index in [0.29, 0.717) is 23.5 Å². The Balaban J connectivity index is 1.83. The molecule has 2 aromatic carbocycles. The van der Waals surface area contributed by atoms with Crippen molar-refractivity contribution in [3.05, 3.63) is 76.0 Å². The van der Waals surface area contributed by atoms with E-state index in [1.54, 1.807) is 67.6 Å². The molecule has 0 spiro atoms. The minimum atomic E-state index is -3.84. The number of rotatable bonds is 7. The van der Waals surface area contributed by atoms with Crippen LogP contribution >= 0.6 is 11.3 Å². The summed E-state index contributed by atoms with van der Waals surface area (Å²) in [4.78, 5) is 15.6. The molecule has 0 bridgehead atoms. The van der Waals surface area contributed by atoms with Crippen molar-refractivity contribution in [2.45, 2.75) is 18.4 Å². The first kappa shape index (κ1) is 20.9. The van der Waals surface area contributed by atoms with Gasteiger partial charge in [0.1, 0.15) is 5.75 Å². The maximum Gasteiger partial charge on any atom is 0.261 e. The predicted octanol–water partition coefficient (Wildman–Crippen LogP) is 4.14. The van der Waals surface area contributed by atoms with Gasteiger partial charge in [0, 0.05) is 23.2 Å². The molecule has 3 rings (SSSR count). The molecule has 0 saturated heterocycles. The number of ether oxygens (including phenoxy) is 1. The van der Waals surface area contributed by atoms with Crippen LogP contribution in [0.25, 0.3) is 0 Å². The normalized spacial score (nSPS) is 11.1. The van der Waals surface area contributed by atoms with Crippen molar-refractivity contribution in [2.24, 2.45) is 0 Å². The van der Waals surface area contributed by atoms with Crippen LogP contribution in [0, 0.1) is 6.92 Å². The number of anilines is 1. The molecule has 8 heteroatoms. The van der Waals surface area contributed by atoms with E-state index in [-0.39, 0.29) is 10.8 Å². The maximum atomic E-state index is 12.9. The number of hydrogen-bond acceptors (Lipinski definition) is 5. The number of nitrogens with zero attached hydrogens (tertiary/aromatic N) is 1. The van der Waals surface area contributed by atoms with Gasteiger partial charge >= 0.3 is 0 Å². The number of amides is 1. The number of thiophene rings is 1. The summed E-state index contributed by atoms with van der Waals surface area (Å²) in [6.45, 7) is 2.26. The van der Waals surface area contributed by atoms with Crippen LogP contribution in [-0.4, -0.2) is 33.4 Å². The molecule has 0 saturated carbocycles. The molecule has 1 N–H and O–H groups in total. The van der Waals surface area contributed by atoms with E-state index in [1.165, 1.54) is 12.1 Å². The van der Waals surface area contributed by atoms with E-state index in [2.05, 4.69) is 4.72 Å². The standard InChI is InChI=1S/C21H22N2O4S2/c1-15-6-11-19(29(25,26)22-16-7-9-17(27-3)10-8-16)13-20(15)21(24)23(2)14-18-5-4-12-28-18/h4-13,22H,14H2,1-3H3. The summed E-state index contributed by atoms with van der Waals surface area (Å²) in [7, 11) is -0.593. The summed E-state index contributed by atoms with van der Waals surface area (Å²) in [6.07, 6.45) is 0. The number of benzene rings is 2. The van der Waals surface area contributed by atoms with Crippen LogP contribution in [0.15, 0.2) is 64.9 Å². The molecule has 0 unspecified atom stereocenters. The minimum Gasteiger partial charge on any atom is -0.497 e. The number of hydrogen-bond donors (Lipinski definition) is 1. The molecule has 0 aliphatic rings. The van der Waals surface area contributed by atoms with Gasteiger partial charge in [-0.3, -0.25) is 9.52 Å². The van der Waals surface area contributed by atoms with Gasteiger partial charge in [-0.05, 0) is 60.3 Å². The van der Waals surface area contributed by atoms with Gasteiger partial charge in [-0.25, -0.2) is 8.42 Å². The lowest BCUT2D eigenvalue weighted by Crippen LogP contribution is -2.27. The van der Waals surface area contributed by atoms with Crippen molar-refractivity contribution < 1.29 is 17.9 Å². The first-order chi connectivity index (χ1) is 13.8. The highest BCUT2D eigenvalue weighted by Gasteiger charge is 2.20. The van der Waals surface area contributed by atoms with Gasteiger partial charge in [-0.2, -0.15) is 0 Å². The van der Waals surface area contributed by atoms with Gasteiger partial charge in [0.15, 0.2) is 0 Å². The molecule has 3 aromatic rings. The van der Waals surface area contributed by atoms with E-state index in [4.69, 9.17) is 4.74 Å². The van der Waals surface area contributed by atoms with Crippen molar-refractivity contribution in [2.75, 3.05) is 18.9 Å². The summed E-state index contributed by atoms with van der Waals surface area (Å²) >= 11 is 1.57. The molecule has 1 heterocycles. The Morgan fingerprint density at radius 1 is 1.14 bits per heavy atom. The van der Waals surface area contributed by atoms with Crippen molar-refractivity contribution in [3.63, 3.8) is 0 Å². The molecular formula is C21H22N2O4S2. The summed E-state index contributed by atoms with van der Waals surface area (Å²) in [5, 5.41) is 1.96. The largest absolute Gasteiger partial charge is 0.497 e. The molecule has 0 atom stereocenters. The van der Waals surface area contributed by atoms with Gasteiger partial charge in [-0.1, -0.05) is 12.1 Å². The van der Waals surface area contributed by atoms with Crippen molar-refractivity contribution in [3.8, 4) is 5.75 Å². The lowest BCUT2D eigenvalue weighted by Gasteiger charge is -2.18. The van der Waals surface area contributed by atoms with Crippen LogP contribution in [0.4, 0.5) is 5.69 Å². The van der Waals surface area contributed by atoms with E-state index >= 15 is 0 Å². The van der Waals surface area contributed by atoms with E-state index in [0.717, 1.165) is 10.4 Å². The zero-order chi connectivity index (χ0) is 21.0. The number of carbonyl (C=O) groups is 1. The molecule has 152 valence electrons. The minimum absolute atomic E-state index is 0.0341. The van der Waals surface area contributed by atoms with Crippen molar-refractivity contribution in [1.82, 2.24) is 4.90 Å². The Morgan fingerprint density at radius 2 is 1.86 bits per heavy atom. The van der Waals surface area contributed by atoms with Crippen LogP contribution in [0.5, 0.6) is 5.75 Å². The summed E-state index contributed by atoms with van der Waals surface area (Å²) < 4.78 is 33.2. The first-order valence-corrected chi connectivity index (χ1v) is 11.2. The Morgan fingerprint density at radius 3 is 2.48 bits per heavy atom. The topological polar surface area (TPSA) is 75.7 Å². The molecule has 1 aromatic heterocycles. The third kappa shape index (κ3) is 4.96. The van der Waals surface area contributed by atoms with Crippen molar-refractivity contribution >= 4 is 33.0 Å². The number of aryl methyl sites for hydroxylation is 1. The smallest absolute Gasteiger partial charge is 0.261 e. The highest BCUT2D eigenvalue weighted by atomic mass is 32.2. The van der Waals surface area contributed by atoms with Crippen LogP contribution in [-0.2, 0) is 16.6 Å². The van der Waals surface area contributed by atoms with Gasteiger partial charge in [0.25, 0.3) is 15.9 Å². The second-order valence-corrected chi connectivity index (χ2v) is 9.27. The molecule has 0 radical (unpaired) electrons. The Hall–Kier alpha value is -2.84. The number of methoxy groups -OCH3 is 1. The third-order valence-corrected chi connectivity index (χ3v) is 6.65. The van der Waals surface area contributed by atoms with E-state index in [9.17, 15) is 13.2 Å². The number of nitrogens with one attached hydrogen (secondary N) is 1. The molecular weight excluding hydrogens is 408 g/mol. The molecule has 6 nitrogen and oxygen atoms in total. The van der Waals surface area contributed by atoms with E-state index < -0.39 is 10.0 Å². The third-order valence-electron chi connectivity index (χ3n) is 4.41. The zero-order valence-electron chi connectivity index (χ0n) is 16.4. The lowest BCUT2D eigenvalue weighted by molar-refractivity contribution is 0.0785. The fraction of sp³-hybridized carbons (Fsp3) is 0.190. The Labute approximate surface area is 174 Å². The average Bonchev–Trinajstić information content (AvgIpc) is 3.21. The van der Waals surface area contributed by atoms with Crippen LogP contribution in [0.1, 0.15) is 20.8 Å². The average molecular weight is 431 g/mol. The number of sulfonamides is 1. The van der Waals surface area contributed by atoms with E-state index in [1.807, 2.05) is 17.5 Å². The second-order valence-electron chi connectivity index (χ2n) is 6.55. The van der Waals surface area contributed by atoms with Gasteiger partial charge < -0.3 is 9.64 Å². The first-order valence-electron chi connectivity index (χ1n) is 8.85. The fourth-order valence-corrected chi connectivity index (χ4v) is 4.63. The fourth-order valence-electron chi connectivity index (χ4n) is 2.79. The lowest BCUT2D eigenvalue weighted by atomic mass is 10.1. The quantitative estimate of drug-likeness (QED) is 0.611. The molecule has 0 aliphatic carbocycles. The van der Waals surface area contributed by atoms with Gasteiger partial charge in [-0.15, -0.1) is 11.3 Å². The van der Waals surface area contributed by atoms with Gasteiger partial charge in [0.2, 0.25) is 0 Å². The molecule has 29 heavy (non-hydrogen) atoms. The van der Waals surface area contributed by atoms with Gasteiger partial charge in [0.05, 0.1) is 18.6 Å². The van der Waals surface area contributed by atoms with Crippen LogP contribution < -0.4 is 9.46 Å². The molecule has 0 fully saturated rings. The van der Waals surface area contributed by atoms with Crippen LogP contribution in [0.3, 0.4) is 0 Å². The summed E-state index contributed by atoms with van der Waals surface area (Å²) in [5.74, 6) is 0.405. The zero-order valence-corrected chi connectivity index (χ0v) is 18.0. The highest BCUT2D eigenvalue weighted by Crippen LogP contribution is 2.22. The van der Waals surface area contributed by atoms with Crippen molar-refractivity contribution in [1.29, 1.82) is 0 Å². The Bertz CT molecular complexity index is 1090. The molecule has 0 aliphatic heterocycles. The number of carbonyl (C=O) groups excluding carboxylic acids is 1. The summed E-state index contributed by atoms with van der Waals surface area (Å²) in [6, 6.07) is 15.0.